The highest BCUT2D eigenvalue weighted by atomic mass is 16.5. The van der Waals surface area contributed by atoms with E-state index in [0.29, 0.717) is 29.5 Å². The molecule has 0 unspecified atom stereocenters. The Morgan fingerprint density at radius 3 is 2.58 bits per heavy atom. The molecule has 2 aromatic rings. The third-order valence-corrected chi connectivity index (χ3v) is 3.92. The zero-order chi connectivity index (χ0) is 18.9. The fourth-order valence-corrected chi connectivity index (χ4v) is 2.38. The zero-order valence-corrected chi connectivity index (χ0v) is 15.9. The summed E-state index contributed by atoms with van der Waals surface area (Å²) in [4.78, 5) is 12.3. The first-order valence-electron chi connectivity index (χ1n) is 8.84. The summed E-state index contributed by atoms with van der Waals surface area (Å²) in [7, 11) is 1.59. The number of ether oxygens (including phenoxy) is 3. The van der Waals surface area contributed by atoms with E-state index in [0.717, 1.165) is 24.0 Å². The van der Waals surface area contributed by atoms with Crippen LogP contribution >= 0.6 is 0 Å². The van der Waals surface area contributed by atoms with Crippen LogP contribution in [0.2, 0.25) is 0 Å². The van der Waals surface area contributed by atoms with E-state index in [-0.39, 0.29) is 12.5 Å². The minimum atomic E-state index is -0.250. The number of carbonyl (C=O) groups excluding carboxylic acids is 1. The van der Waals surface area contributed by atoms with Crippen molar-refractivity contribution in [3.63, 3.8) is 0 Å². The van der Waals surface area contributed by atoms with Crippen molar-refractivity contribution in [3.05, 3.63) is 47.5 Å². The number of carbonyl (C=O) groups is 1. The molecular formula is C21H27NO4. The van der Waals surface area contributed by atoms with Crippen LogP contribution in [-0.4, -0.2) is 26.2 Å². The molecule has 2 aromatic carbocycles. The van der Waals surface area contributed by atoms with Crippen LogP contribution in [0.25, 0.3) is 0 Å². The zero-order valence-electron chi connectivity index (χ0n) is 15.9. The summed E-state index contributed by atoms with van der Waals surface area (Å²) in [5, 5.41) is 2.85. The molecule has 0 radical (unpaired) electrons. The van der Waals surface area contributed by atoms with Crippen LogP contribution in [0.1, 0.15) is 30.9 Å². The van der Waals surface area contributed by atoms with E-state index in [9.17, 15) is 4.79 Å². The molecule has 0 aliphatic heterocycles. The molecule has 0 heterocycles. The van der Waals surface area contributed by atoms with Gasteiger partial charge in [-0.05, 0) is 49.6 Å². The minimum absolute atomic E-state index is 0.0735. The Hall–Kier alpha value is -2.69. The van der Waals surface area contributed by atoms with Crippen molar-refractivity contribution in [1.29, 1.82) is 0 Å². The Morgan fingerprint density at radius 1 is 1.04 bits per heavy atom. The Labute approximate surface area is 155 Å². The second kappa shape index (κ2) is 9.70. The second-order valence-electron chi connectivity index (χ2n) is 6.17. The van der Waals surface area contributed by atoms with Gasteiger partial charge in [0, 0.05) is 6.07 Å². The number of methoxy groups -OCH3 is 1. The lowest BCUT2D eigenvalue weighted by Crippen LogP contribution is -2.21. The number of benzene rings is 2. The van der Waals surface area contributed by atoms with E-state index in [2.05, 4.69) is 12.2 Å². The normalized spacial score (nSPS) is 10.3. The largest absolute Gasteiger partial charge is 0.497 e. The summed E-state index contributed by atoms with van der Waals surface area (Å²) in [5.74, 6) is 1.74. The summed E-state index contributed by atoms with van der Waals surface area (Å²) in [6.45, 7) is 6.57. The molecule has 5 heteroatoms. The van der Waals surface area contributed by atoms with Crippen molar-refractivity contribution in [1.82, 2.24) is 0 Å². The first-order chi connectivity index (χ1) is 12.5. The molecule has 0 spiro atoms. The fraction of sp³-hybridized carbons (Fsp3) is 0.381. The SMILES string of the molecule is CCCCOc1ccc(OC)cc1NC(=O)COc1cc(C)ccc1C. The summed E-state index contributed by atoms with van der Waals surface area (Å²) >= 11 is 0. The van der Waals surface area contributed by atoms with E-state index in [1.165, 1.54) is 0 Å². The predicted molar refractivity (Wildman–Crippen MR) is 103 cm³/mol. The molecule has 0 aliphatic rings. The van der Waals surface area contributed by atoms with Crippen molar-refractivity contribution in [3.8, 4) is 17.2 Å². The van der Waals surface area contributed by atoms with Gasteiger partial charge >= 0.3 is 0 Å². The van der Waals surface area contributed by atoms with Crippen molar-refractivity contribution < 1.29 is 19.0 Å². The van der Waals surface area contributed by atoms with E-state index in [4.69, 9.17) is 14.2 Å². The van der Waals surface area contributed by atoms with Crippen molar-refractivity contribution in [2.45, 2.75) is 33.6 Å². The minimum Gasteiger partial charge on any atom is -0.497 e. The van der Waals surface area contributed by atoms with Crippen LogP contribution in [-0.2, 0) is 4.79 Å². The quantitative estimate of drug-likeness (QED) is 0.671. The Morgan fingerprint density at radius 2 is 1.85 bits per heavy atom. The third-order valence-electron chi connectivity index (χ3n) is 3.92. The van der Waals surface area contributed by atoms with Gasteiger partial charge in [-0.15, -0.1) is 0 Å². The van der Waals surface area contributed by atoms with Crippen LogP contribution in [0.4, 0.5) is 5.69 Å². The van der Waals surface area contributed by atoms with Gasteiger partial charge in [-0.2, -0.15) is 0 Å². The number of rotatable bonds is 9. The number of nitrogens with one attached hydrogen (secondary N) is 1. The van der Waals surface area contributed by atoms with Crippen molar-refractivity contribution in [2.24, 2.45) is 0 Å². The smallest absolute Gasteiger partial charge is 0.262 e. The number of anilines is 1. The van der Waals surface area contributed by atoms with E-state index >= 15 is 0 Å². The fourth-order valence-electron chi connectivity index (χ4n) is 2.38. The van der Waals surface area contributed by atoms with Crippen molar-refractivity contribution >= 4 is 11.6 Å². The van der Waals surface area contributed by atoms with Gasteiger partial charge in [-0.25, -0.2) is 0 Å². The van der Waals surface area contributed by atoms with Gasteiger partial charge in [0.2, 0.25) is 0 Å². The highest BCUT2D eigenvalue weighted by Crippen LogP contribution is 2.29. The van der Waals surface area contributed by atoms with Gasteiger partial charge in [-0.1, -0.05) is 25.5 Å². The molecule has 1 N–H and O–H groups in total. The number of hydrogen-bond donors (Lipinski definition) is 1. The lowest BCUT2D eigenvalue weighted by atomic mass is 10.1. The van der Waals surface area contributed by atoms with Crippen LogP contribution in [0, 0.1) is 13.8 Å². The van der Waals surface area contributed by atoms with Gasteiger partial charge < -0.3 is 19.5 Å². The van der Waals surface area contributed by atoms with Crippen molar-refractivity contribution in [2.75, 3.05) is 25.6 Å². The maximum absolute atomic E-state index is 12.3. The molecule has 0 atom stereocenters. The lowest BCUT2D eigenvalue weighted by Gasteiger charge is -2.14. The molecule has 26 heavy (non-hydrogen) atoms. The van der Waals surface area contributed by atoms with Gasteiger partial charge in [0.25, 0.3) is 5.91 Å². The van der Waals surface area contributed by atoms with E-state index in [1.807, 2.05) is 38.1 Å². The molecule has 5 nitrogen and oxygen atoms in total. The molecule has 0 fully saturated rings. The molecule has 0 bridgehead atoms. The molecule has 2 rings (SSSR count). The highest BCUT2D eigenvalue weighted by molar-refractivity contribution is 5.93. The Bertz CT molecular complexity index is 743. The topological polar surface area (TPSA) is 56.8 Å². The molecule has 1 amide bonds. The summed E-state index contributed by atoms with van der Waals surface area (Å²) < 4.78 is 16.7. The molecule has 0 saturated heterocycles. The maximum atomic E-state index is 12.3. The number of unbranched alkanes of at least 4 members (excludes halogenated alkanes) is 1. The Balaban J connectivity index is 2.03. The summed E-state index contributed by atoms with van der Waals surface area (Å²) in [6, 6.07) is 11.3. The number of amides is 1. The van der Waals surface area contributed by atoms with E-state index < -0.39 is 0 Å². The van der Waals surface area contributed by atoms with Gasteiger partial charge in [0.15, 0.2) is 6.61 Å². The van der Waals surface area contributed by atoms with E-state index in [1.54, 1.807) is 19.2 Å². The van der Waals surface area contributed by atoms with Gasteiger partial charge in [0.1, 0.15) is 17.2 Å². The first-order valence-corrected chi connectivity index (χ1v) is 8.84. The second-order valence-corrected chi connectivity index (χ2v) is 6.17. The average molecular weight is 357 g/mol. The van der Waals surface area contributed by atoms with Gasteiger partial charge in [-0.3, -0.25) is 4.79 Å². The highest BCUT2D eigenvalue weighted by Gasteiger charge is 2.11. The number of hydrogen-bond acceptors (Lipinski definition) is 4. The maximum Gasteiger partial charge on any atom is 0.262 e. The summed E-state index contributed by atoms with van der Waals surface area (Å²) in [5.41, 5.74) is 2.66. The molecule has 0 saturated carbocycles. The molecule has 140 valence electrons. The Kier molecular flexibility index (Phi) is 7.33. The monoisotopic (exact) mass is 357 g/mol. The third kappa shape index (κ3) is 5.69. The molecule has 0 aromatic heterocycles. The van der Waals surface area contributed by atoms with Crippen LogP contribution in [0.5, 0.6) is 17.2 Å². The van der Waals surface area contributed by atoms with Gasteiger partial charge in [0.05, 0.1) is 19.4 Å². The molecular weight excluding hydrogens is 330 g/mol. The van der Waals surface area contributed by atoms with Crippen LogP contribution in [0.15, 0.2) is 36.4 Å². The van der Waals surface area contributed by atoms with Crippen LogP contribution in [0.3, 0.4) is 0 Å². The predicted octanol–water partition coefficient (Wildman–Crippen LogP) is 4.51. The standard InChI is InChI=1S/C21H27NO4/c1-5-6-11-25-19-10-9-17(24-4)13-18(19)22-21(23)14-26-20-12-15(2)7-8-16(20)3/h7-10,12-13H,5-6,11,14H2,1-4H3,(H,22,23). The lowest BCUT2D eigenvalue weighted by molar-refractivity contribution is -0.118. The first kappa shape index (κ1) is 19.6. The molecule has 0 aliphatic carbocycles. The van der Waals surface area contributed by atoms with Crippen LogP contribution < -0.4 is 19.5 Å². The average Bonchev–Trinajstić information content (AvgIpc) is 2.63. The number of aryl methyl sites for hydroxylation is 2. The summed E-state index contributed by atoms with van der Waals surface area (Å²) in [6.07, 6.45) is 2.00.